The molecule has 0 radical (unpaired) electrons. The zero-order valence-corrected chi connectivity index (χ0v) is 20.1. The number of fused-ring (bicyclic) bond motifs is 3. The van der Waals surface area contributed by atoms with E-state index < -0.39 is 0 Å². The molecule has 0 atom stereocenters. The summed E-state index contributed by atoms with van der Waals surface area (Å²) >= 11 is 0. The summed E-state index contributed by atoms with van der Waals surface area (Å²) < 4.78 is 12.2. The van der Waals surface area contributed by atoms with Crippen molar-refractivity contribution < 1.29 is 14.3 Å². The molecule has 3 aromatic rings. The Morgan fingerprint density at radius 1 is 1.09 bits per heavy atom. The Morgan fingerprint density at radius 2 is 1.88 bits per heavy atom. The fourth-order valence-electron chi connectivity index (χ4n) is 4.47. The van der Waals surface area contributed by atoms with Gasteiger partial charge >= 0.3 is 0 Å². The van der Waals surface area contributed by atoms with Crippen LogP contribution >= 0.6 is 0 Å². The van der Waals surface area contributed by atoms with Crippen molar-refractivity contribution in [2.45, 2.75) is 65.8 Å². The largest absolute Gasteiger partial charge is 0.492 e. The molecule has 0 unspecified atom stereocenters. The van der Waals surface area contributed by atoms with Crippen LogP contribution in [0.2, 0.25) is 0 Å². The smallest absolute Gasteiger partial charge is 0.228 e. The van der Waals surface area contributed by atoms with Gasteiger partial charge in [-0.15, -0.1) is 0 Å². The van der Waals surface area contributed by atoms with Crippen molar-refractivity contribution in [3.63, 3.8) is 0 Å². The lowest BCUT2D eigenvalue weighted by Crippen LogP contribution is -2.22. The van der Waals surface area contributed by atoms with Crippen molar-refractivity contribution in [2.75, 3.05) is 19.8 Å². The monoisotopic (exact) mass is 449 g/mol. The van der Waals surface area contributed by atoms with E-state index in [4.69, 9.17) is 14.5 Å². The van der Waals surface area contributed by atoms with Crippen molar-refractivity contribution in [1.29, 1.82) is 0 Å². The molecule has 0 saturated heterocycles. The summed E-state index contributed by atoms with van der Waals surface area (Å²) in [4.78, 5) is 20.6. The number of carbonyl (C=O) groups is 1. The molecule has 6 nitrogen and oxygen atoms in total. The molecule has 0 saturated carbocycles. The number of H-pyrrole nitrogens is 1. The van der Waals surface area contributed by atoms with Gasteiger partial charge in [0.05, 0.1) is 18.9 Å². The van der Waals surface area contributed by atoms with Gasteiger partial charge in [0.15, 0.2) is 6.29 Å². The highest BCUT2D eigenvalue weighted by Gasteiger charge is 2.23. The predicted octanol–water partition coefficient (Wildman–Crippen LogP) is 5.61. The van der Waals surface area contributed by atoms with Crippen LogP contribution in [0, 0.1) is 0 Å². The topological polar surface area (TPSA) is 76.2 Å². The lowest BCUT2D eigenvalue weighted by atomic mass is 9.98. The van der Waals surface area contributed by atoms with Crippen LogP contribution in [0.3, 0.4) is 0 Å². The van der Waals surface area contributed by atoms with Gasteiger partial charge < -0.3 is 19.8 Å². The van der Waals surface area contributed by atoms with Gasteiger partial charge in [0.25, 0.3) is 0 Å². The van der Waals surface area contributed by atoms with Gasteiger partial charge in [-0.2, -0.15) is 0 Å². The van der Waals surface area contributed by atoms with Crippen LogP contribution in [-0.2, 0) is 19.4 Å². The van der Waals surface area contributed by atoms with Crippen molar-refractivity contribution >= 4 is 17.2 Å². The minimum Gasteiger partial charge on any atom is -0.492 e. The third kappa shape index (κ3) is 4.76. The predicted molar refractivity (Wildman–Crippen MR) is 133 cm³/mol. The second-order valence-corrected chi connectivity index (χ2v) is 8.63. The summed E-state index contributed by atoms with van der Waals surface area (Å²) in [6, 6.07) is 6.47. The number of nitrogens with one attached hydrogen (secondary N) is 2. The highest BCUT2D eigenvalue weighted by molar-refractivity contribution is 5.91. The SMILES string of the molecule is CCCCOc1nc(-c2ccc3c4c([nH]c3c2)CCNC4)c(CC)c(OCCCC)c1C=O. The fourth-order valence-corrected chi connectivity index (χ4v) is 4.47. The van der Waals surface area contributed by atoms with E-state index in [9.17, 15) is 4.79 Å². The van der Waals surface area contributed by atoms with Gasteiger partial charge in [-0.1, -0.05) is 45.7 Å². The summed E-state index contributed by atoms with van der Waals surface area (Å²) in [6.07, 6.45) is 6.43. The van der Waals surface area contributed by atoms with E-state index in [0.717, 1.165) is 73.8 Å². The summed E-state index contributed by atoms with van der Waals surface area (Å²) in [7, 11) is 0. The average molecular weight is 450 g/mol. The second kappa shape index (κ2) is 10.8. The molecule has 6 heteroatoms. The van der Waals surface area contributed by atoms with E-state index in [1.165, 1.54) is 16.6 Å². The lowest BCUT2D eigenvalue weighted by Gasteiger charge is -2.19. The van der Waals surface area contributed by atoms with Crippen LogP contribution < -0.4 is 14.8 Å². The Kier molecular flexibility index (Phi) is 7.65. The van der Waals surface area contributed by atoms with Gasteiger partial charge in [0.2, 0.25) is 5.88 Å². The minimum absolute atomic E-state index is 0.368. The molecule has 33 heavy (non-hydrogen) atoms. The van der Waals surface area contributed by atoms with Gasteiger partial charge in [-0.05, 0) is 30.9 Å². The summed E-state index contributed by atoms with van der Waals surface area (Å²) in [5.41, 5.74) is 6.99. The number of aldehydes is 1. The Labute approximate surface area is 196 Å². The lowest BCUT2D eigenvalue weighted by molar-refractivity contribution is 0.111. The number of rotatable bonds is 11. The van der Waals surface area contributed by atoms with Gasteiger partial charge in [0, 0.05) is 47.2 Å². The summed E-state index contributed by atoms with van der Waals surface area (Å²) in [5, 5.41) is 4.71. The molecule has 0 aliphatic carbocycles. The molecular weight excluding hydrogens is 414 g/mol. The van der Waals surface area contributed by atoms with Crippen molar-refractivity contribution in [1.82, 2.24) is 15.3 Å². The highest BCUT2D eigenvalue weighted by atomic mass is 16.5. The van der Waals surface area contributed by atoms with Crippen LogP contribution in [0.15, 0.2) is 18.2 Å². The molecule has 2 aromatic heterocycles. The van der Waals surface area contributed by atoms with Crippen LogP contribution in [-0.4, -0.2) is 36.0 Å². The van der Waals surface area contributed by atoms with E-state index in [1.54, 1.807) is 0 Å². The van der Waals surface area contributed by atoms with Crippen LogP contribution in [0.4, 0.5) is 0 Å². The molecule has 1 aliphatic heterocycles. The summed E-state index contributed by atoms with van der Waals surface area (Å²) in [5.74, 6) is 0.986. The Morgan fingerprint density at radius 3 is 2.61 bits per heavy atom. The minimum atomic E-state index is 0.368. The molecule has 2 N–H and O–H groups in total. The fraction of sp³-hybridized carbons (Fsp3) is 0.481. The normalized spacial score (nSPS) is 13.2. The van der Waals surface area contributed by atoms with Crippen molar-refractivity contribution in [3.8, 4) is 22.9 Å². The zero-order valence-electron chi connectivity index (χ0n) is 20.1. The van der Waals surface area contributed by atoms with Crippen molar-refractivity contribution in [2.24, 2.45) is 0 Å². The number of aromatic amines is 1. The molecule has 176 valence electrons. The number of benzene rings is 1. The molecule has 4 rings (SSSR count). The number of hydrogen-bond acceptors (Lipinski definition) is 5. The van der Waals surface area contributed by atoms with E-state index in [-0.39, 0.29) is 0 Å². The number of pyridine rings is 1. The zero-order chi connectivity index (χ0) is 23.2. The first-order valence-corrected chi connectivity index (χ1v) is 12.3. The standard InChI is InChI=1S/C27H35N3O3/c1-4-7-13-32-26-19(6-3)25(30-27(22(26)17-31)33-14-8-5-2)18-9-10-20-21-16-28-12-11-23(21)29-24(20)15-18/h9-10,15,17,28-29H,4-8,11-14,16H2,1-3H3. The number of unbranched alkanes of at least 4 members (excludes halogenated alkanes) is 2. The Bertz CT molecular complexity index is 1120. The average Bonchev–Trinajstić information content (AvgIpc) is 3.21. The van der Waals surface area contributed by atoms with Gasteiger partial charge in [-0.25, -0.2) is 4.98 Å². The number of aromatic nitrogens is 2. The maximum atomic E-state index is 12.1. The molecule has 0 spiro atoms. The van der Waals surface area contributed by atoms with Crippen LogP contribution in [0.25, 0.3) is 22.2 Å². The molecule has 1 aliphatic rings. The number of carbonyl (C=O) groups excluding carboxylic acids is 1. The van der Waals surface area contributed by atoms with Crippen molar-refractivity contribution in [3.05, 3.63) is 40.6 Å². The molecule has 1 aromatic carbocycles. The first-order chi connectivity index (χ1) is 16.2. The summed E-state index contributed by atoms with van der Waals surface area (Å²) in [6.45, 7) is 9.31. The van der Waals surface area contributed by atoms with E-state index in [2.05, 4.69) is 49.3 Å². The molecule has 0 amide bonds. The first-order valence-electron chi connectivity index (χ1n) is 12.3. The third-order valence-corrected chi connectivity index (χ3v) is 6.32. The third-order valence-electron chi connectivity index (χ3n) is 6.32. The van der Waals surface area contributed by atoms with E-state index >= 15 is 0 Å². The molecule has 0 bridgehead atoms. The maximum absolute atomic E-state index is 12.1. The quantitative estimate of drug-likeness (QED) is 0.294. The van der Waals surface area contributed by atoms with E-state index in [1.807, 2.05) is 0 Å². The number of hydrogen-bond donors (Lipinski definition) is 2. The maximum Gasteiger partial charge on any atom is 0.228 e. The number of ether oxygens (including phenoxy) is 2. The van der Waals surface area contributed by atoms with Gasteiger partial charge in [0.1, 0.15) is 11.3 Å². The molecular formula is C27H35N3O3. The second-order valence-electron chi connectivity index (χ2n) is 8.63. The highest BCUT2D eigenvalue weighted by Crippen LogP contribution is 2.38. The molecule has 0 fully saturated rings. The first kappa shape index (κ1) is 23.3. The Balaban J connectivity index is 1.83. The number of nitrogens with zero attached hydrogens (tertiary/aromatic N) is 1. The van der Waals surface area contributed by atoms with Gasteiger partial charge in [-0.3, -0.25) is 4.79 Å². The molecule has 3 heterocycles. The van der Waals surface area contributed by atoms with E-state index in [0.29, 0.717) is 36.8 Å². The van der Waals surface area contributed by atoms with Crippen LogP contribution in [0.5, 0.6) is 11.6 Å². The Hall–Kier alpha value is -2.86. The van der Waals surface area contributed by atoms with Crippen LogP contribution in [0.1, 0.15) is 73.6 Å².